The molecule has 0 saturated heterocycles. The molecule has 5 N–H and O–H groups in total. The van der Waals surface area contributed by atoms with Crippen molar-refractivity contribution in [3.63, 3.8) is 0 Å². The van der Waals surface area contributed by atoms with Crippen molar-refractivity contribution < 1.29 is 19.8 Å². The van der Waals surface area contributed by atoms with Crippen molar-refractivity contribution in [3.8, 4) is 0 Å². The fourth-order valence-electron chi connectivity index (χ4n) is 3.22. The van der Waals surface area contributed by atoms with Crippen LogP contribution in [0.4, 0.5) is 0 Å². The maximum Gasteiger partial charge on any atom is 0.345 e. The van der Waals surface area contributed by atoms with Gasteiger partial charge in [0, 0.05) is 43.0 Å². The molecule has 182 valence electrons. The van der Waals surface area contributed by atoms with E-state index in [1.165, 1.54) is 16.3 Å². The van der Waals surface area contributed by atoms with Gasteiger partial charge in [-0.15, -0.1) is 0 Å². The lowest BCUT2D eigenvalue weighted by Crippen LogP contribution is -2.66. The van der Waals surface area contributed by atoms with Crippen molar-refractivity contribution in [3.05, 3.63) is 35.9 Å². The Bertz CT molecular complexity index is 695. The van der Waals surface area contributed by atoms with E-state index in [1.807, 2.05) is 37.3 Å². The molecule has 1 aromatic carbocycles. The van der Waals surface area contributed by atoms with Crippen LogP contribution in [0.5, 0.6) is 0 Å². The van der Waals surface area contributed by atoms with Gasteiger partial charge in [-0.2, -0.15) is 12.6 Å². The lowest BCUT2D eigenvalue weighted by atomic mass is 9.98. The number of carbonyl (C=O) groups is 2. The maximum atomic E-state index is 13.6. The van der Waals surface area contributed by atoms with Crippen LogP contribution in [0.3, 0.4) is 0 Å². The molecule has 0 aliphatic rings. The van der Waals surface area contributed by atoms with E-state index in [1.54, 1.807) is 0 Å². The summed E-state index contributed by atoms with van der Waals surface area (Å²) in [6.07, 6.45) is 2.20. The van der Waals surface area contributed by atoms with E-state index in [2.05, 4.69) is 31.8 Å². The molecule has 32 heavy (non-hydrogen) atoms. The van der Waals surface area contributed by atoms with Crippen LogP contribution in [-0.2, 0) is 16.0 Å². The number of amides is 1. The second-order valence-corrected chi connectivity index (χ2v) is 9.72. The Balaban J connectivity index is 3.24. The average Bonchev–Trinajstić information content (AvgIpc) is 2.79. The summed E-state index contributed by atoms with van der Waals surface area (Å²) < 4.78 is 1.34. The molecular weight excluding hydrogens is 446 g/mol. The number of nitrogens with zero attached hydrogens (tertiary/aromatic N) is 1. The van der Waals surface area contributed by atoms with Gasteiger partial charge in [-0.3, -0.25) is 14.4 Å². The largest absolute Gasteiger partial charge is 0.478 e. The molecule has 0 bridgehead atoms. The van der Waals surface area contributed by atoms with Gasteiger partial charge in [-0.1, -0.05) is 57.5 Å². The molecule has 0 radical (unpaired) electrons. The van der Waals surface area contributed by atoms with Crippen LogP contribution < -0.4 is 11.1 Å². The number of carboxylic acids is 1. The second kappa shape index (κ2) is 14.8. The number of carbonyl (C=O) groups excluding carboxylic acids is 1. The molecular formula is C23H39N3O4S2. The molecule has 0 aliphatic carbocycles. The maximum absolute atomic E-state index is 13.6. The highest BCUT2D eigenvalue weighted by molar-refractivity contribution is 7.97. The van der Waals surface area contributed by atoms with E-state index >= 15 is 0 Å². The van der Waals surface area contributed by atoms with E-state index < -0.39 is 24.2 Å². The van der Waals surface area contributed by atoms with Crippen molar-refractivity contribution >= 4 is 36.5 Å². The van der Waals surface area contributed by atoms with Crippen LogP contribution in [0.15, 0.2) is 30.3 Å². The molecule has 0 spiro atoms. The summed E-state index contributed by atoms with van der Waals surface area (Å²) >= 11 is 5.39. The van der Waals surface area contributed by atoms with Crippen LogP contribution in [0, 0.1) is 11.8 Å². The van der Waals surface area contributed by atoms with E-state index in [0.717, 1.165) is 18.4 Å². The Morgan fingerprint density at radius 3 is 2.47 bits per heavy atom. The van der Waals surface area contributed by atoms with Crippen LogP contribution in [0.1, 0.15) is 45.6 Å². The Kier molecular flexibility index (Phi) is 13.3. The fourth-order valence-corrected chi connectivity index (χ4v) is 4.80. The van der Waals surface area contributed by atoms with Gasteiger partial charge in [0.25, 0.3) is 0 Å². The molecule has 0 aromatic heterocycles. The van der Waals surface area contributed by atoms with Gasteiger partial charge >= 0.3 is 5.97 Å². The summed E-state index contributed by atoms with van der Waals surface area (Å²) in [5, 5.41) is 23.0. The first-order valence-electron chi connectivity index (χ1n) is 11.2. The third-order valence-electron chi connectivity index (χ3n) is 5.60. The molecule has 4 atom stereocenters. The molecule has 0 aliphatic heterocycles. The molecule has 0 heterocycles. The number of nitrogens with one attached hydrogen (secondary N) is 1. The van der Waals surface area contributed by atoms with Crippen molar-refractivity contribution in [2.45, 2.75) is 58.2 Å². The quantitative estimate of drug-likeness (QED) is 0.139. The summed E-state index contributed by atoms with van der Waals surface area (Å²) in [6.45, 7) is 5.81. The number of rotatable bonds is 16. The normalized spacial score (nSPS) is 16.1. The topological polar surface area (TPSA) is 116 Å². The molecule has 9 heteroatoms. The minimum Gasteiger partial charge on any atom is -0.478 e. The van der Waals surface area contributed by atoms with E-state index in [-0.39, 0.29) is 24.9 Å². The number of hydrogen-bond acceptors (Lipinski definition) is 7. The zero-order valence-electron chi connectivity index (χ0n) is 19.4. The van der Waals surface area contributed by atoms with Crippen LogP contribution in [0.25, 0.3) is 0 Å². The molecule has 7 nitrogen and oxygen atoms in total. The van der Waals surface area contributed by atoms with Crippen LogP contribution >= 0.6 is 24.6 Å². The molecule has 0 fully saturated rings. The highest BCUT2D eigenvalue weighted by Crippen LogP contribution is 2.30. The third-order valence-corrected chi connectivity index (χ3v) is 7.24. The number of aliphatic hydroxyl groups excluding tert-OH is 1. The number of carboxylic acid groups (broad SMARTS) is 1. The predicted octanol–water partition coefficient (Wildman–Crippen LogP) is 2.79. The monoisotopic (exact) mass is 485 g/mol. The number of hydrogen-bond donors (Lipinski definition) is 5. The predicted molar refractivity (Wildman–Crippen MR) is 135 cm³/mol. The summed E-state index contributed by atoms with van der Waals surface area (Å²) in [5.74, 6) is -0.518. The lowest BCUT2D eigenvalue weighted by molar-refractivity contribution is -0.158. The van der Waals surface area contributed by atoms with E-state index in [9.17, 15) is 19.8 Å². The van der Waals surface area contributed by atoms with Crippen molar-refractivity contribution in [1.29, 1.82) is 0 Å². The average molecular weight is 486 g/mol. The minimum atomic E-state index is -1.77. The lowest BCUT2D eigenvalue weighted by Gasteiger charge is -2.41. The molecule has 0 saturated carbocycles. The van der Waals surface area contributed by atoms with Gasteiger partial charge < -0.3 is 15.9 Å². The number of thiol groups is 1. The van der Waals surface area contributed by atoms with E-state index in [4.69, 9.17) is 5.73 Å². The summed E-state index contributed by atoms with van der Waals surface area (Å²) in [5.41, 5.74) is 5.21. The van der Waals surface area contributed by atoms with Gasteiger partial charge in [-0.25, -0.2) is 4.79 Å². The zero-order valence-corrected chi connectivity index (χ0v) is 21.1. The van der Waals surface area contributed by atoms with E-state index in [0.29, 0.717) is 23.8 Å². The number of nitrogens with two attached hydrogens (primary N) is 1. The van der Waals surface area contributed by atoms with Crippen molar-refractivity contribution in [1.82, 2.24) is 9.62 Å². The van der Waals surface area contributed by atoms with Gasteiger partial charge in [0.2, 0.25) is 11.6 Å². The van der Waals surface area contributed by atoms with Gasteiger partial charge in [0.05, 0.1) is 0 Å². The van der Waals surface area contributed by atoms with Gasteiger partial charge in [0.1, 0.15) is 0 Å². The Morgan fingerprint density at radius 2 is 1.94 bits per heavy atom. The first-order chi connectivity index (χ1) is 15.2. The summed E-state index contributed by atoms with van der Waals surface area (Å²) in [6, 6.07) is 9.26. The minimum absolute atomic E-state index is 0.151. The number of aliphatic hydroxyl groups is 1. The first-order valence-corrected chi connectivity index (χ1v) is 12.8. The third kappa shape index (κ3) is 8.59. The highest BCUT2D eigenvalue weighted by Gasteiger charge is 2.48. The molecule has 1 rings (SSSR count). The van der Waals surface area contributed by atoms with Gasteiger partial charge in [-0.05, 0) is 36.3 Å². The summed E-state index contributed by atoms with van der Waals surface area (Å²) in [4.78, 5) is 26.2. The zero-order chi connectivity index (χ0) is 24.1. The Hall–Kier alpha value is -1.26. The standard InChI is InChI=1S/C23H39N3O4S2/c1-4-17(2)10-13-32-26(21(28)18(3)14-19-8-6-5-7-9-19)23(11-12-27,22(29)30)25-15-20(24)16-31/h5-9,17-18,20,25,27,31H,4,10-16,24H2,1-3H3,(H,29,30)/t17-,18?,20?,23-/m0/s1. The Morgan fingerprint density at radius 1 is 1.28 bits per heavy atom. The molecule has 1 amide bonds. The molecule has 1 aromatic rings. The first kappa shape index (κ1) is 28.8. The fraction of sp³-hybridized carbons (Fsp3) is 0.652. The van der Waals surface area contributed by atoms with Crippen LogP contribution in [-0.4, -0.2) is 62.8 Å². The second-order valence-electron chi connectivity index (χ2n) is 8.32. The number of benzene rings is 1. The van der Waals surface area contributed by atoms with Crippen molar-refractivity contribution in [2.24, 2.45) is 17.6 Å². The SMILES string of the molecule is CC[C@H](C)CCSN(C(=O)C(C)Cc1ccccc1)[C@](CCO)(NCC(N)CS)C(=O)O. The smallest absolute Gasteiger partial charge is 0.345 e. The summed E-state index contributed by atoms with van der Waals surface area (Å²) in [7, 11) is 0. The highest BCUT2D eigenvalue weighted by atomic mass is 32.2. The Labute approximate surface area is 202 Å². The van der Waals surface area contributed by atoms with Gasteiger partial charge in [0.15, 0.2) is 0 Å². The molecule has 2 unspecified atom stereocenters. The van der Waals surface area contributed by atoms with Crippen LogP contribution in [0.2, 0.25) is 0 Å². The number of aliphatic carboxylic acids is 1. The van der Waals surface area contributed by atoms with Crippen molar-refractivity contribution in [2.75, 3.05) is 24.7 Å².